The van der Waals surface area contributed by atoms with Gasteiger partial charge < -0.3 is 0 Å². The van der Waals surface area contributed by atoms with E-state index in [0.29, 0.717) is 0 Å². The van der Waals surface area contributed by atoms with Gasteiger partial charge in [-0.1, -0.05) is 0 Å². The van der Waals surface area contributed by atoms with Crippen LogP contribution in [0.3, 0.4) is 0 Å². The minimum atomic E-state index is -0.949. The molecule has 0 saturated heterocycles. The Morgan fingerprint density at radius 2 is 1.11 bits per heavy atom. The molecule has 0 bridgehead atoms. The average molecular weight is 298 g/mol. The first-order chi connectivity index (χ1) is 9.42. The number of fused-ring (bicyclic) bond motifs is 2. The zero-order valence-electron chi connectivity index (χ0n) is 10.5. The predicted octanol–water partition coefficient (Wildman–Crippen LogP) is 2.68. The zero-order valence-corrected chi connectivity index (χ0v) is 13.4. The van der Waals surface area contributed by atoms with Crippen LogP contribution >= 0.6 is 0 Å². The molecule has 2 nitrogen and oxygen atoms in total. The van der Waals surface area contributed by atoms with E-state index >= 15 is 0 Å². The van der Waals surface area contributed by atoms with Crippen LogP contribution in [0, 0.1) is 0 Å². The standard InChI is InChI=1S/2C8H6N.Zn/c2*1-2-4-8-7(3-1)5-6-9-8;/h2*1-4,6,9H;. The molecule has 88 valence electrons. The zero-order chi connectivity index (χ0) is 12.7. The van der Waals surface area contributed by atoms with Gasteiger partial charge in [-0.3, -0.25) is 0 Å². The van der Waals surface area contributed by atoms with E-state index in [1.807, 2.05) is 0 Å². The first-order valence-corrected chi connectivity index (χ1v) is 9.48. The van der Waals surface area contributed by atoms with Gasteiger partial charge in [-0.05, 0) is 0 Å². The molecule has 0 unspecified atom stereocenters. The Labute approximate surface area is 118 Å². The summed E-state index contributed by atoms with van der Waals surface area (Å²) < 4.78 is 3.07. The Morgan fingerprint density at radius 3 is 1.63 bits per heavy atom. The van der Waals surface area contributed by atoms with E-state index in [9.17, 15) is 0 Å². The first kappa shape index (κ1) is 11.0. The van der Waals surface area contributed by atoms with Crippen LogP contribution in [0.15, 0.2) is 60.9 Å². The number of nitrogens with one attached hydrogen (secondary N) is 2. The number of H-pyrrole nitrogens is 2. The van der Waals surface area contributed by atoms with Gasteiger partial charge in [0.2, 0.25) is 0 Å². The molecule has 2 aromatic carbocycles. The maximum absolute atomic E-state index is 3.39. The molecule has 0 spiro atoms. The van der Waals surface area contributed by atoms with Gasteiger partial charge in [0.05, 0.1) is 0 Å². The van der Waals surface area contributed by atoms with E-state index in [2.05, 4.69) is 70.9 Å². The topological polar surface area (TPSA) is 31.6 Å². The molecule has 0 amide bonds. The van der Waals surface area contributed by atoms with Gasteiger partial charge in [0, 0.05) is 0 Å². The van der Waals surface area contributed by atoms with Crippen LogP contribution < -0.4 is 8.32 Å². The van der Waals surface area contributed by atoms with Crippen LogP contribution in [0.4, 0.5) is 0 Å². The fourth-order valence-corrected chi connectivity index (χ4v) is 6.57. The van der Waals surface area contributed by atoms with Crippen molar-refractivity contribution >= 4 is 30.1 Å². The van der Waals surface area contributed by atoms with Gasteiger partial charge in [-0.15, -0.1) is 0 Å². The Balaban J connectivity index is 1.82. The summed E-state index contributed by atoms with van der Waals surface area (Å²) in [5, 5.41) is 2.79. The van der Waals surface area contributed by atoms with Gasteiger partial charge >= 0.3 is 118 Å². The Morgan fingerprint density at radius 1 is 0.632 bits per heavy atom. The van der Waals surface area contributed by atoms with E-state index < -0.39 is 17.1 Å². The molecule has 0 aliphatic rings. The summed E-state index contributed by atoms with van der Waals surface area (Å²) in [4.78, 5) is 6.77. The second-order valence-corrected chi connectivity index (χ2v) is 8.83. The van der Waals surface area contributed by atoms with Crippen molar-refractivity contribution in [2.45, 2.75) is 0 Å². The van der Waals surface area contributed by atoms with E-state index in [1.165, 1.54) is 30.1 Å². The third kappa shape index (κ3) is 1.82. The fraction of sp³-hybridized carbons (Fsp3) is 0. The van der Waals surface area contributed by atoms with Crippen molar-refractivity contribution in [1.82, 2.24) is 9.97 Å². The average Bonchev–Trinajstić information content (AvgIpc) is 3.05. The number of benzene rings is 2. The van der Waals surface area contributed by atoms with E-state index in [0.717, 1.165) is 0 Å². The summed E-state index contributed by atoms with van der Waals surface area (Å²) in [5.41, 5.74) is 2.51. The minimum absolute atomic E-state index is 0.949. The Kier molecular flexibility index (Phi) is 2.53. The molecule has 0 atom stereocenters. The predicted molar refractivity (Wildman–Crippen MR) is 75.9 cm³/mol. The summed E-state index contributed by atoms with van der Waals surface area (Å²) in [6, 6.07) is 17.2. The molecular weight excluding hydrogens is 286 g/mol. The van der Waals surface area contributed by atoms with Crippen LogP contribution in [0.5, 0.6) is 0 Å². The quantitative estimate of drug-likeness (QED) is 0.533. The summed E-state index contributed by atoms with van der Waals surface area (Å²) in [6.45, 7) is 0. The number of para-hydroxylation sites is 2. The molecule has 0 aliphatic carbocycles. The summed E-state index contributed by atoms with van der Waals surface area (Å²) in [6.07, 6.45) is 4.40. The van der Waals surface area contributed by atoms with Crippen LogP contribution in [0.1, 0.15) is 0 Å². The van der Waals surface area contributed by atoms with Gasteiger partial charge in [0.1, 0.15) is 0 Å². The van der Waals surface area contributed by atoms with Crippen LogP contribution in [-0.4, -0.2) is 9.97 Å². The summed E-state index contributed by atoms with van der Waals surface area (Å²) >= 11 is -0.949. The molecule has 2 aromatic heterocycles. The number of rotatable bonds is 2. The SMILES string of the molecule is c1ccc2[c]([Zn][c]3c[nH]c4ccccc34)c[nH]c2c1. The molecule has 2 N–H and O–H groups in total. The van der Waals surface area contributed by atoms with Crippen LogP contribution in [0.2, 0.25) is 0 Å². The third-order valence-electron chi connectivity index (χ3n) is 3.73. The monoisotopic (exact) mass is 296 g/mol. The Bertz CT molecular complexity index is 785. The number of hydrogen-bond donors (Lipinski definition) is 2. The Hall–Kier alpha value is -1.86. The van der Waals surface area contributed by atoms with E-state index in [-0.39, 0.29) is 0 Å². The first-order valence-electron chi connectivity index (χ1n) is 6.52. The molecule has 4 aromatic rings. The van der Waals surface area contributed by atoms with Crippen molar-refractivity contribution in [3.63, 3.8) is 0 Å². The number of aromatic amines is 2. The van der Waals surface area contributed by atoms with Crippen molar-refractivity contribution in [2.24, 2.45) is 0 Å². The summed E-state index contributed by atoms with van der Waals surface area (Å²) in [5.74, 6) is 0. The van der Waals surface area contributed by atoms with Crippen molar-refractivity contribution in [1.29, 1.82) is 0 Å². The summed E-state index contributed by atoms with van der Waals surface area (Å²) in [7, 11) is 0. The van der Waals surface area contributed by atoms with Crippen LogP contribution in [0.25, 0.3) is 21.8 Å². The number of aromatic nitrogens is 2. The number of hydrogen-bond acceptors (Lipinski definition) is 0. The van der Waals surface area contributed by atoms with Gasteiger partial charge in [0.25, 0.3) is 0 Å². The second-order valence-electron chi connectivity index (χ2n) is 4.90. The van der Waals surface area contributed by atoms with Gasteiger partial charge in [0.15, 0.2) is 0 Å². The molecule has 2 heterocycles. The van der Waals surface area contributed by atoms with Crippen molar-refractivity contribution in [3.8, 4) is 0 Å². The third-order valence-corrected chi connectivity index (χ3v) is 7.78. The molecular formula is C16H12N2Zn. The van der Waals surface area contributed by atoms with Crippen molar-refractivity contribution < 1.29 is 17.1 Å². The van der Waals surface area contributed by atoms with Crippen molar-refractivity contribution in [2.75, 3.05) is 0 Å². The molecule has 3 heteroatoms. The maximum atomic E-state index is 3.39. The molecule has 0 saturated carbocycles. The molecule has 19 heavy (non-hydrogen) atoms. The van der Waals surface area contributed by atoms with E-state index in [1.54, 1.807) is 0 Å². The fourth-order valence-electron chi connectivity index (χ4n) is 2.76. The molecule has 0 radical (unpaired) electrons. The molecule has 0 fully saturated rings. The normalized spacial score (nSPS) is 10.9. The van der Waals surface area contributed by atoms with E-state index in [4.69, 9.17) is 0 Å². The second kappa shape index (κ2) is 4.36. The molecule has 0 aliphatic heterocycles. The van der Waals surface area contributed by atoms with Gasteiger partial charge in [-0.25, -0.2) is 0 Å². The van der Waals surface area contributed by atoms with Crippen LogP contribution in [-0.2, 0) is 17.1 Å². The van der Waals surface area contributed by atoms with Crippen molar-refractivity contribution in [3.05, 3.63) is 60.9 Å². The van der Waals surface area contributed by atoms with Gasteiger partial charge in [-0.2, -0.15) is 0 Å². The molecule has 4 rings (SSSR count).